The molecule has 5 heteroatoms. The molecule has 3 aromatic rings. The summed E-state index contributed by atoms with van der Waals surface area (Å²) in [7, 11) is 0. The molecule has 0 atom stereocenters. The van der Waals surface area contributed by atoms with E-state index in [0.29, 0.717) is 11.3 Å². The monoisotopic (exact) mass is 384 g/mol. The topological polar surface area (TPSA) is 62.0 Å². The third-order valence-electron chi connectivity index (χ3n) is 3.79. The minimum absolute atomic E-state index is 0.124. The molecule has 0 spiro atoms. The summed E-state index contributed by atoms with van der Waals surface area (Å²) in [4.78, 5) is 27.0. The molecule has 122 valence electrons. The summed E-state index contributed by atoms with van der Waals surface area (Å²) >= 11 is 3.36. The fourth-order valence-electron chi connectivity index (χ4n) is 2.72. The van der Waals surface area contributed by atoms with Gasteiger partial charge in [-0.05, 0) is 42.3 Å². The number of rotatable bonds is 4. The van der Waals surface area contributed by atoms with Gasteiger partial charge in [0.25, 0.3) is 5.91 Å². The van der Waals surface area contributed by atoms with Gasteiger partial charge in [0.1, 0.15) is 0 Å². The van der Waals surface area contributed by atoms with E-state index < -0.39 is 0 Å². The van der Waals surface area contributed by atoms with Gasteiger partial charge >= 0.3 is 0 Å². The molecule has 0 aliphatic heterocycles. The van der Waals surface area contributed by atoms with Gasteiger partial charge in [-0.1, -0.05) is 41.4 Å². The maximum Gasteiger partial charge on any atom is 0.255 e. The molecule has 0 fully saturated rings. The summed E-state index contributed by atoms with van der Waals surface area (Å²) in [5.74, 6) is -0.192. The number of pyridine rings is 1. The number of hydrogen-bond acceptors (Lipinski definition) is 2. The lowest BCUT2D eigenvalue weighted by molar-refractivity contribution is 0.102. The van der Waals surface area contributed by atoms with Crippen LogP contribution in [0.2, 0.25) is 0 Å². The summed E-state index contributed by atoms with van der Waals surface area (Å²) in [6.45, 7) is 2.08. The van der Waals surface area contributed by atoms with Crippen molar-refractivity contribution in [2.24, 2.45) is 0 Å². The Hall–Kier alpha value is -2.40. The first-order valence-corrected chi connectivity index (χ1v) is 8.59. The number of aromatic nitrogens is 1. The molecule has 24 heavy (non-hydrogen) atoms. The Labute approximate surface area is 148 Å². The van der Waals surface area contributed by atoms with Gasteiger partial charge in [-0.3, -0.25) is 9.59 Å². The van der Waals surface area contributed by atoms with Gasteiger partial charge in [0.15, 0.2) is 0 Å². The smallest absolute Gasteiger partial charge is 0.255 e. The highest BCUT2D eigenvalue weighted by atomic mass is 79.9. The minimum Gasteiger partial charge on any atom is -0.322 e. The first kappa shape index (κ1) is 16.5. The number of aromatic amines is 1. The van der Waals surface area contributed by atoms with E-state index in [4.69, 9.17) is 0 Å². The lowest BCUT2D eigenvalue weighted by Gasteiger charge is -2.09. The third kappa shape index (κ3) is 3.57. The molecule has 1 aromatic heterocycles. The third-order valence-corrected chi connectivity index (χ3v) is 4.29. The van der Waals surface area contributed by atoms with Crippen LogP contribution in [0.1, 0.15) is 29.3 Å². The van der Waals surface area contributed by atoms with Crippen molar-refractivity contribution in [3.05, 3.63) is 74.5 Å². The van der Waals surface area contributed by atoms with Gasteiger partial charge in [0, 0.05) is 27.2 Å². The van der Waals surface area contributed by atoms with Crippen LogP contribution in [0.4, 0.5) is 5.69 Å². The summed E-state index contributed by atoms with van der Waals surface area (Å²) in [5.41, 5.74) is 2.86. The van der Waals surface area contributed by atoms with Crippen LogP contribution >= 0.6 is 15.9 Å². The number of hydrogen-bond donors (Lipinski definition) is 2. The summed E-state index contributed by atoms with van der Waals surface area (Å²) in [5, 5.41) is 3.88. The van der Waals surface area contributed by atoms with Crippen molar-refractivity contribution in [3.8, 4) is 0 Å². The van der Waals surface area contributed by atoms with Crippen molar-refractivity contribution in [1.29, 1.82) is 0 Å². The molecule has 0 aliphatic carbocycles. The van der Waals surface area contributed by atoms with E-state index in [0.717, 1.165) is 33.8 Å². The lowest BCUT2D eigenvalue weighted by Crippen LogP contribution is -2.12. The van der Waals surface area contributed by atoms with E-state index in [1.54, 1.807) is 24.3 Å². The average Bonchev–Trinajstić information content (AvgIpc) is 2.54. The molecular weight excluding hydrogens is 368 g/mol. The van der Waals surface area contributed by atoms with Crippen molar-refractivity contribution in [3.63, 3.8) is 0 Å². The second-order valence-corrected chi connectivity index (χ2v) is 6.55. The van der Waals surface area contributed by atoms with Crippen LogP contribution in [-0.4, -0.2) is 10.9 Å². The van der Waals surface area contributed by atoms with Crippen molar-refractivity contribution < 1.29 is 4.79 Å². The molecular formula is C19H17BrN2O2. The molecule has 0 bridgehead atoms. The molecule has 2 aromatic carbocycles. The molecule has 0 aliphatic rings. The van der Waals surface area contributed by atoms with Gasteiger partial charge in [0.2, 0.25) is 5.56 Å². The fraction of sp³-hybridized carbons (Fsp3) is 0.158. The van der Waals surface area contributed by atoms with Crippen LogP contribution in [0.15, 0.2) is 57.8 Å². The summed E-state index contributed by atoms with van der Waals surface area (Å²) in [6.07, 6.45) is 1.82. The van der Waals surface area contributed by atoms with E-state index in [1.165, 1.54) is 0 Å². The molecule has 0 saturated carbocycles. The maximum atomic E-state index is 12.3. The van der Waals surface area contributed by atoms with Crippen LogP contribution < -0.4 is 10.9 Å². The normalized spacial score (nSPS) is 10.8. The van der Waals surface area contributed by atoms with E-state index in [1.807, 2.05) is 24.3 Å². The molecule has 0 saturated heterocycles. The Bertz CT molecular complexity index is 963. The number of fused-ring (bicyclic) bond motifs is 1. The lowest BCUT2D eigenvalue weighted by atomic mass is 10.0. The van der Waals surface area contributed by atoms with Crippen LogP contribution in [-0.2, 0) is 6.42 Å². The number of carbonyl (C=O) groups is 1. The number of halogens is 1. The number of aryl methyl sites for hydroxylation is 1. The van der Waals surface area contributed by atoms with Gasteiger partial charge in [-0.25, -0.2) is 0 Å². The van der Waals surface area contributed by atoms with Gasteiger partial charge in [-0.15, -0.1) is 0 Å². The van der Waals surface area contributed by atoms with E-state index in [-0.39, 0.29) is 11.5 Å². The SMILES string of the molecule is CCCc1cc(=O)[nH]c2cc(NC(=O)c3cccc(Br)c3)ccc12. The Morgan fingerprint density at radius 3 is 2.75 bits per heavy atom. The molecule has 0 radical (unpaired) electrons. The van der Waals surface area contributed by atoms with Crippen molar-refractivity contribution in [2.45, 2.75) is 19.8 Å². The van der Waals surface area contributed by atoms with E-state index in [9.17, 15) is 9.59 Å². The average molecular weight is 385 g/mol. The van der Waals surface area contributed by atoms with Crippen molar-refractivity contribution in [2.75, 3.05) is 5.32 Å². The van der Waals surface area contributed by atoms with Gasteiger partial charge in [0.05, 0.1) is 5.52 Å². The zero-order valence-corrected chi connectivity index (χ0v) is 14.8. The Kier molecular flexibility index (Phi) is 4.81. The maximum absolute atomic E-state index is 12.3. The van der Waals surface area contributed by atoms with Crippen molar-refractivity contribution >= 4 is 38.4 Å². The molecule has 0 unspecified atom stereocenters. The zero-order chi connectivity index (χ0) is 17.1. The number of H-pyrrole nitrogens is 1. The molecule has 1 heterocycles. The first-order valence-electron chi connectivity index (χ1n) is 7.79. The number of carbonyl (C=O) groups excluding carboxylic acids is 1. The second-order valence-electron chi connectivity index (χ2n) is 5.63. The van der Waals surface area contributed by atoms with Crippen LogP contribution in [0.5, 0.6) is 0 Å². The number of anilines is 1. The van der Waals surface area contributed by atoms with Crippen LogP contribution in [0, 0.1) is 0 Å². The largest absolute Gasteiger partial charge is 0.322 e. The zero-order valence-electron chi connectivity index (χ0n) is 13.2. The predicted octanol–water partition coefficient (Wildman–Crippen LogP) is 4.50. The van der Waals surface area contributed by atoms with Crippen LogP contribution in [0.3, 0.4) is 0 Å². The Morgan fingerprint density at radius 2 is 2.00 bits per heavy atom. The number of nitrogens with one attached hydrogen (secondary N) is 2. The summed E-state index contributed by atoms with van der Waals surface area (Å²) in [6, 6.07) is 14.4. The highest BCUT2D eigenvalue weighted by molar-refractivity contribution is 9.10. The predicted molar refractivity (Wildman–Crippen MR) is 101 cm³/mol. The summed E-state index contributed by atoms with van der Waals surface area (Å²) < 4.78 is 0.849. The molecule has 4 nitrogen and oxygen atoms in total. The van der Waals surface area contributed by atoms with Gasteiger partial charge < -0.3 is 10.3 Å². The Balaban J connectivity index is 1.93. The highest BCUT2D eigenvalue weighted by Gasteiger charge is 2.08. The minimum atomic E-state index is -0.192. The molecule has 1 amide bonds. The fourth-order valence-corrected chi connectivity index (χ4v) is 3.12. The molecule has 2 N–H and O–H groups in total. The quantitative estimate of drug-likeness (QED) is 0.695. The highest BCUT2D eigenvalue weighted by Crippen LogP contribution is 2.21. The Morgan fingerprint density at radius 1 is 1.17 bits per heavy atom. The van der Waals surface area contributed by atoms with Gasteiger partial charge in [-0.2, -0.15) is 0 Å². The van der Waals surface area contributed by atoms with E-state index in [2.05, 4.69) is 33.2 Å². The molecule has 3 rings (SSSR count). The first-order chi connectivity index (χ1) is 11.6. The standard InChI is InChI=1S/C19H17BrN2O2/c1-2-4-12-10-18(23)22-17-11-15(7-8-16(12)17)21-19(24)13-5-3-6-14(20)9-13/h3,5-11H,2,4H2,1H3,(H,21,24)(H,22,23). The van der Waals surface area contributed by atoms with E-state index >= 15 is 0 Å². The second kappa shape index (κ2) is 7.01. The number of benzene rings is 2. The van der Waals surface area contributed by atoms with Crippen LogP contribution in [0.25, 0.3) is 10.9 Å². The van der Waals surface area contributed by atoms with Crippen molar-refractivity contribution in [1.82, 2.24) is 4.98 Å². The number of amides is 1.